The van der Waals surface area contributed by atoms with Gasteiger partial charge in [-0.1, -0.05) is 5.21 Å². The molecule has 2 fully saturated rings. The molecule has 0 bridgehead atoms. The average molecular weight is 460 g/mol. The molecule has 176 valence electrons. The van der Waals surface area contributed by atoms with E-state index in [-0.39, 0.29) is 31.4 Å². The van der Waals surface area contributed by atoms with Crippen LogP contribution in [-0.2, 0) is 20.9 Å². The van der Waals surface area contributed by atoms with Crippen molar-refractivity contribution in [1.82, 2.24) is 30.7 Å². The molecule has 1 aromatic carbocycles. The molecule has 33 heavy (non-hydrogen) atoms. The van der Waals surface area contributed by atoms with Gasteiger partial charge in [-0.05, 0) is 18.2 Å². The van der Waals surface area contributed by atoms with Crippen LogP contribution in [0.4, 0.5) is 20.6 Å². The molecule has 3 amide bonds. The smallest absolute Gasteiger partial charge is 0.414 e. The number of aromatic nitrogens is 3. The second-order valence-electron chi connectivity index (χ2n) is 7.73. The Labute approximate surface area is 189 Å². The summed E-state index contributed by atoms with van der Waals surface area (Å²) in [5, 5.41) is 11.6. The van der Waals surface area contributed by atoms with Gasteiger partial charge in [0.25, 0.3) is 5.91 Å². The third-order valence-electron chi connectivity index (χ3n) is 5.38. The van der Waals surface area contributed by atoms with Gasteiger partial charge >= 0.3 is 6.09 Å². The Morgan fingerprint density at radius 1 is 1.30 bits per heavy atom. The maximum atomic E-state index is 15.0. The first kappa shape index (κ1) is 22.5. The van der Waals surface area contributed by atoms with Gasteiger partial charge in [-0.15, -0.1) is 5.10 Å². The van der Waals surface area contributed by atoms with Crippen LogP contribution in [0, 0.1) is 5.82 Å². The van der Waals surface area contributed by atoms with Gasteiger partial charge < -0.3 is 15.0 Å². The summed E-state index contributed by atoms with van der Waals surface area (Å²) >= 11 is 0. The molecule has 0 unspecified atom stereocenters. The number of nitrogens with one attached hydrogen (secondary N) is 2. The molecule has 2 saturated heterocycles. The molecule has 2 aromatic rings. The minimum Gasteiger partial charge on any atom is -0.442 e. The average Bonchev–Trinajstić information content (AvgIpc) is 3.35. The number of ether oxygens (including phenoxy) is 1. The maximum absolute atomic E-state index is 15.0. The Balaban J connectivity index is 1.37. The molecule has 1 atom stereocenters. The lowest BCUT2D eigenvalue weighted by Crippen LogP contribution is -2.45. The molecule has 0 radical (unpaired) electrons. The highest BCUT2D eigenvalue weighted by Gasteiger charge is 2.33. The molecular weight excluding hydrogens is 435 g/mol. The molecule has 3 heterocycles. The fourth-order valence-corrected chi connectivity index (χ4v) is 3.74. The van der Waals surface area contributed by atoms with Crippen molar-refractivity contribution < 1.29 is 23.5 Å². The number of hydrazine groups is 1. The first-order valence-corrected chi connectivity index (χ1v) is 10.6. The van der Waals surface area contributed by atoms with E-state index in [1.165, 1.54) is 33.8 Å². The van der Waals surface area contributed by atoms with Gasteiger partial charge in [-0.25, -0.2) is 19.3 Å². The van der Waals surface area contributed by atoms with Crippen LogP contribution in [0.1, 0.15) is 6.92 Å². The molecule has 13 heteroatoms. The highest BCUT2D eigenvalue weighted by Crippen LogP contribution is 2.28. The number of nitrogens with zero attached hydrogens (tertiary/aromatic N) is 6. The molecule has 0 spiro atoms. The summed E-state index contributed by atoms with van der Waals surface area (Å²) in [4.78, 5) is 38.9. The van der Waals surface area contributed by atoms with Gasteiger partial charge in [0, 0.05) is 32.8 Å². The predicted molar refractivity (Wildman–Crippen MR) is 115 cm³/mol. The van der Waals surface area contributed by atoms with Crippen LogP contribution in [0.5, 0.6) is 0 Å². The molecule has 2 N–H and O–H groups in total. The van der Waals surface area contributed by atoms with Gasteiger partial charge in [0.15, 0.2) is 0 Å². The number of cyclic esters (lactones) is 1. The van der Waals surface area contributed by atoms with Crippen molar-refractivity contribution >= 4 is 29.3 Å². The molecule has 2 aliphatic heterocycles. The lowest BCUT2D eigenvalue weighted by Gasteiger charge is -2.24. The maximum Gasteiger partial charge on any atom is 0.414 e. The Morgan fingerprint density at radius 3 is 2.88 bits per heavy atom. The number of anilines is 2. The van der Waals surface area contributed by atoms with E-state index in [0.717, 1.165) is 0 Å². The van der Waals surface area contributed by atoms with Gasteiger partial charge in [-0.2, -0.15) is 0 Å². The van der Waals surface area contributed by atoms with Gasteiger partial charge in [0.05, 0.1) is 37.2 Å². The summed E-state index contributed by atoms with van der Waals surface area (Å²) in [7, 11) is 0. The van der Waals surface area contributed by atoms with Crippen LogP contribution in [0.15, 0.2) is 30.6 Å². The van der Waals surface area contributed by atoms with Crippen LogP contribution in [0.2, 0.25) is 0 Å². The number of benzene rings is 1. The number of halogens is 1. The number of carbonyl (C=O) groups is 3. The van der Waals surface area contributed by atoms with E-state index in [2.05, 4.69) is 21.1 Å². The summed E-state index contributed by atoms with van der Waals surface area (Å²) in [5.74, 6) is -0.863. The largest absolute Gasteiger partial charge is 0.442 e. The Kier molecular flexibility index (Phi) is 6.68. The van der Waals surface area contributed by atoms with E-state index in [0.29, 0.717) is 37.6 Å². The molecule has 0 aliphatic carbocycles. The second-order valence-corrected chi connectivity index (χ2v) is 7.73. The Bertz CT molecular complexity index is 1020. The predicted octanol–water partition coefficient (Wildman–Crippen LogP) is -0.268. The number of amides is 3. The highest BCUT2D eigenvalue weighted by atomic mass is 19.1. The van der Waals surface area contributed by atoms with Crippen LogP contribution in [-0.4, -0.2) is 83.3 Å². The summed E-state index contributed by atoms with van der Waals surface area (Å²) in [6.45, 7) is 3.59. The van der Waals surface area contributed by atoms with E-state index in [1.54, 1.807) is 18.3 Å². The van der Waals surface area contributed by atoms with Crippen molar-refractivity contribution in [2.24, 2.45) is 0 Å². The topological polar surface area (TPSA) is 125 Å². The Morgan fingerprint density at radius 2 is 2.15 bits per heavy atom. The van der Waals surface area contributed by atoms with Crippen molar-refractivity contribution in [3.05, 3.63) is 36.4 Å². The standard InChI is InChI=1S/C20H25FN8O4/c1-14(30)22-11-16-12-28(20(32)33-16)15-2-3-18(17(21)10-15)26-6-5-24-29(9-8-26)19(31)13-27-7-4-23-25-27/h2-4,7,10,16,24H,5-6,8-9,11-13H2,1H3,(H,22,30)/t16-/m0/s1. The fourth-order valence-electron chi connectivity index (χ4n) is 3.74. The summed E-state index contributed by atoms with van der Waals surface area (Å²) in [6, 6.07) is 4.57. The van der Waals surface area contributed by atoms with Crippen molar-refractivity contribution in [2.45, 2.75) is 19.6 Å². The SMILES string of the molecule is CC(=O)NC[C@H]1CN(c2ccc(N3CCNN(C(=O)Cn4ccnn4)CC3)c(F)c2)C(=O)O1. The first-order valence-electron chi connectivity index (χ1n) is 10.6. The zero-order chi connectivity index (χ0) is 23.4. The third kappa shape index (κ3) is 5.37. The minimum absolute atomic E-state index is 0.0604. The minimum atomic E-state index is -0.585. The highest BCUT2D eigenvalue weighted by molar-refractivity contribution is 5.90. The molecule has 2 aliphatic rings. The zero-order valence-electron chi connectivity index (χ0n) is 18.1. The fraction of sp³-hybridized carbons (Fsp3) is 0.450. The van der Waals surface area contributed by atoms with Crippen molar-refractivity contribution in [2.75, 3.05) is 49.1 Å². The first-order chi connectivity index (χ1) is 15.9. The zero-order valence-corrected chi connectivity index (χ0v) is 18.1. The third-order valence-corrected chi connectivity index (χ3v) is 5.38. The number of rotatable bonds is 6. The lowest BCUT2D eigenvalue weighted by molar-refractivity contribution is -0.134. The van der Waals surface area contributed by atoms with E-state index in [1.807, 2.05) is 4.90 Å². The van der Waals surface area contributed by atoms with Crippen LogP contribution < -0.4 is 20.5 Å². The lowest BCUT2D eigenvalue weighted by atomic mass is 10.2. The van der Waals surface area contributed by atoms with Crippen molar-refractivity contribution in [3.63, 3.8) is 0 Å². The quantitative estimate of drug-likeness (QED) is 0.604. The van der Waals surface area contributed by atoms with Gasteiger partial charge in [-0.3, -0.25) is 19.5 Å². The van der Waals surface area contributed by atoms with Gasteiger partial charge in [0.2, 0.25) is 5.91 Å². The van der Waals surface area contributed by atoms with Gasteiger partial charge in [0.1, 0.15) is 18.5 Å². The molecule has 1 aromatic heterocycles. The van der Waals surface area contributed by atoms with E-state index < -0.39 is 18.0 Å². The van der Waals surface area contributed by atoms with E-state index >= 15 is 4.39 Å². The van der Waals surface area contributed by atoms with Crippen LogP contribution in [0.3, 0.4) is 0 Å². The summed E-state index contributed by atoms with van der Waals surface area (Å²) < 4.78 is 21.7. The number of carbonyl (C=O) groups excluding carboxylic acids is 3. The summed E-state index contributed by atoms with van der Waals surface area (Å²) in [6.07, 6.45) is 2.03. The normalized spacial score (nSPS) is 18.8. The molecular formula is C20H25FN8O4. The molecule has 12 nitrogen and oxygen atoms in total. The number of hydrogen-bond acceptors (Lipinski definition) is 8. The molecule has 4 rings (SSSR count). The van der Waals surface area contributed by atoms with Crippen LogP contribution >= 0.6 is 0 Å². The van der Waals surface area contributed by atoms with Crippen molar-refractivity contribution in [1.29, 1.82) is 0 Å². The van der Waals surface area contributed by atoms with E-state index in [4.69, 9.17) is 4.74 Å². The monoisotopic (exact) mass is 460 g/mol. The Hall–Kier alpha value is -3.74. The molecule has 0 saturated carbocycles. The number of hydrogen-bond donors (Lipinski definition) is 2. The second kappa shape index (κ2) is 9.81. The summed E-state index contributed by atoms with van der Waals surface area (Å²) in [5.41, 5.74) is 3.82. The van der Waals surface area contributed by atoms with Crippen LogP contribution in [0.25, 0.3) is 0 Å². The van der Waals surface area contributed by atoms with Crippen molar-refractivity contribution in [3.8, 4) is 0 Å². The van der Waals surface area contributed by atoms with E-state index in [9.17, 15) is 14.4 Å².